The molecule has 15 heteroatoms. The molecule has 1 amide bonds. The summed E-state index contributed by atoms with van der Waals surface area (Å²) in [6, 6.07) is 0. The predicted molar refractivity (Wildman–Crippen MR) is 88.7 cm³/mol. The van der Waals surface area contributed by atoms with Crippen molar-refractivity contribution < 1.29 is 35.9 Å². The Bertz CT molecular complexity index is 576. The second-order valence-corrected chi connectivity index (χ2v) is 7.42. The molecule has 1 fully saturated rings. The van der Waals surface area contributed by atoms with Gasteiger partial charge in [-0.15, -0.1) is 0 Å². The van der Waals surface area contributed by atoms with Gasteiger partial charge in [-0.2, -0.15) is 26.3 Å². The Labute approximate surface area is 159 Å². The lowest BCUT2D eigenvalue weighted by Crippen LogP contribution is -2.77. The van der Waals surface area contributed by atoms with Crippen LogP contribution in [0, 0.1) is 0 Å². The number of alkyl halides is 6. The van der Waals surface area contributed by atoms with Gasteiger partial charge in [-0.25, -0.2) is 4.79 Å². The standard InChI is InChI=1S/C12H13B5F6N2O2/c1-7(2,3)25-5-8(13,14)24(4-9(25,15)16)6(26)27-10(17,11(18,19)20)12(21,22)23/h4-5H2,1-3H3. The molecule has 4 nitrogen and oxygen atoms in total. The summed E-state index contributed by atoms with van der Waals surface area (Å²) in [7, 11) is 27.5. The van der Waals surface area contributed by atoms with Crippen LogP contribution in [0.25, 0.3) is 0 Å². The molecule has 0 aromatic carbocycles. The second kappa shape index (κ2) is 6.59. The number of carbonyl (C=O) groups is 1. The van der Waals surface area contributed by atoms with Crippen molar-refractivity contribution in [3.8, 4) is 0 Å². The molecule has 1 saturated heterocycles. The SMILES string of the molecule is [B]C1([B])CN(C(C)(C)C)C([B])([B])CN1C(=O)OC([B])(C(F)(F)F)C(F)(F)F. The molecule has 27 heavy (non-hydrogen) atoms. The molecule has 0 bridgehead atoms. The summed E-state index contributed by atoms with van der Waals surface area (Å²) in [6.45, 7) is 3.66. The van der Waals surface area contributed by atoms with Crippen molar-refractivity contribution in [2.45, 2.75) is 54.8 Å². The fourth-order valence-electron chi connectivity index (χ4n) is 2.54. The van der Waals surface area contributed by atoms with E-state index in [9.17, 15) is 31.1 Å². The molecule has 0 spiro atoms. The fraction of sp³-hybridized carbons (Fsp3) is 0.917. The summed E-state index contributed by atoms with van der Waals surface area (Å²) < 4.78 is 80.6. The Balaban J connectivity index is 3.24. The zero-order valence-corrected chi connectivity index (χ0v) is 14.8. The van der Waals surface area contributed by atoms with Gasteiger partial charge in [-0.05, 0) is 31.4 Å². The summed E-state index contributed by atoms with van der Waals surface area (Å²) in [4.78, 5) is 13.6. The minimum Gasteiger partial charge on any atom is -0.434 e. The van der Waals surface area contributed by atoms with Crippen molar-refractivity contribution in [3.05, 3.63) is 0 Å². The Morgan fingerprint density at radius 3 is 1.63 bits per heavy atom. The maximum absolute atomic E-state index is 12.8. The van der Waals surface area contributed by atoms with E-state index >= 15 is 0 Å². The maximum atomic E-state index is 12.8. The van der Waals surface area contributed by atoms with Crippen LogP contribution in [0.5, 0.6) is 0 Å². The van der Waals surface area contributed by atoms with Crippen LogP contribution in [0.3, 0.4) is 0 Å². The van der Waals surface area contributed by atoms with Crippen molar-refractivity contribution in [1.29, 1.82) is 0 Å². The van der Waals surface area contributed by atoms with Crippen molar-refractivity contribution in [2.24, 2.45) is 0 Å². The molecule has 1 heterocycles. The van der Waals surface area contributed by atoms with Gasteiger partial charge in [0.15, 0.2) is 7.85 Å². The average Bonchev–Trinajstić information content (AvgIpc) is 2.37. The third-order valence-corrected chi connectivity index (χ3v) is 3.95. The minimum absolute atomic E-state index is 0.175. The van der Waals surface area contributed by atoms with Gasteiger partial charge in [0.25, 0.3) is 5.50 Å². The largest absolute Gasteiger partial charge is 0.434 e. The highest BCUT2D eigenvalue weighted by atomic mass is 19.4. The zero-order chi connectivity index (χ0) is 21.9. The van der Waals surface area contributed by atoms with Crippen LogP contribution in [0.2, 0.25) is 0 Å². The summed E-state index contributed by atoms with van der Waals surface area (Å²) in [5, 5.41) is -4.13. The fourth-order valence-corrected chi connectivity index (χ4v) is 2.54. The number of piperazine rings is 1. The number of ether oxygens (including phenoxy) is 1. The van der Waals surface area contributed by atoms with Crippen molar-refractivity contribution in [3.63, 3.8) is 0 Å². The normalized spacial score (nSPS) is 21.7. The number of carbonyl (C=O) groups excluding carboxylic acids is 1. The van der Waals surface area contributed by atoms with E-state index < -0.39 is 53.2 Å². The van der Waals surface area contributed by atoms with Crippen molar-refractivity contribution in [2.75, 3.05) is 13.1 Å². The van der Waals surface area contributed by atoms with E-state index in [-0.39, 0.29) is 4.90 Å². The minimum atomic E-state index is -6.16. The molecule has 0 N–H and O–H groups in total. The van der Waals surface area contributed by atoms with Crippen LogP contribution in [-0.2, 0) is 4.74 Å². The van der Waals surface area contributed by atoms with E-state index in [2.05, 4.69) is 12.6 Å². The van der Waals surface area contributed by atoms with Crippen molar-refractivity contribution in [1.82, 2.24) is 9.80 Å². The molecular formula is C12H13B5F6N2O2. The van der Waals surface area contributed by atoms with E-state index in [1.165, 1.54) is 4.90 Å². The topological polar surface area (TPSA) is 32.8 Å². The first-order valence-electron chi connectivity index (χ1n) is 7.42. The summed E-state index contributed by atoms with van der Waals surface area (Å²) in [5.74, 6) is 0. The Hall–Kier alpha value is -0.865. The Morgan fingerprint density at radius 2 is 1.30 bits per heavy atom. The molecule has 0 atom stereocenters. The lowest BCUT2D eigenvalue weighted by atomic mass is 9.51. The molecule has 0 saturated carbocycles. The van der Waals surface area contributed by atoms with E-state index in [0.717, 1.165) is 0 Å². The Kier molecular flexibility index (Phi) is 5.90. The van der Waals surface area contributed by atoms with Crippen LogP contribution in [-0.4, -0.2) is 102 Å². The van der Waals surface area contributed by atoms with E-state index in [1.54, 1.807) is 20.8 Å². The number of hydrogen-bond acceptors (Lipinski definition) is 3. The lowest BCUT2D eigenvalue weighted by Gasteiger charge is -2.60. The van der Waals surface area contributed by atoms with Gasteiger partial charge in [0.2, 0.25) is 0 Å². The van der Waals surface area contributed by atoms with Crippen LogP contribution in [0.1, 0.15) is 20.8 Å². The summed E-state index contributed by atoms with van der Waals surface area (Å²) >= 11 is 0. The molecule has 1 aliphatic heterocycles. The van der Waals surface area contributed by atoms with Crippen LogP contribution in [0.4, 0.5) is 31.1 Å². The molecule has 1 aliphatic rings. The molecule has 140 valence electrons. The van der Waals surface area contributed by atoms with Gasteiger partial charge >= 0.3 is 18.4 Å². The molecule has 0 aromatic rings. The number of halogens is 6. The number of hydrogen-bond donors (Lipinski definition) is 0. The van der Waals surface area contributed by atoms with Gasteiger partial charge in [0.05, 0.1) is 31.4 Å². The third kappa shape index (κ3) is 4.59. The first-order valence-corrected chi connectivity index (χ1v) is 7.42. The number of nitrogens with zero attached hydrogens (tertiary/aromatic N) is 2. The second-order valence-electron chi connectivity index (χ2n) is 7.42. The summed E-state index contributed by atoms with van der Waals surface area (Å²) in [5.41, 5.74) is -6.03. The Morgan fingerprint density at radius 1 is 0.889 bits per heavy atom. The monoisotopic (exact) mass is 386 g/mol. The van der Waals surface area contributed by atoms with Gasteiger partial charge in [-0.3, -0.25) is 0 Å². The van der Waals surface area contributed by atoms with Gasteiger partial charge < -0.3 is 14.5 Å². The van der Waals surface area contributed by atoms with E-state index in [4.69, 9.17) is 31.4 Å². The molecule has 10 radical (unpaired) electrons. The predicted octanol–water partition coefficient (Wildman–Crippen LogP) is 0.510. The molecule has 0 unspecified atom stereocenters. The van der Waals surface area contributed by atoms with Crippen LogP contribution < -0.4 is 0 Å². The van der Waals surface area contributed by atoms with E-state index in [0.29, 0.717) is 0 Å². The van der Waals surface area contributed by atoms with Gasteiger partial charge in [-0.1, -0.05) is 0 Å². The van der Waals surface area contributed by atoms with E-state index in [1.807, 2.05) is 0 Å². The molecule has 0 aromatic heterocycles. The number of rotatable bonds is 1. The first-order chi connectivity index (χ1) is 11.6. The molecule has 1 rings (SSSR count). The van der Waals surface area contributed by atoms with Gasteiger partial charge in [0, 0.05) is 18.6 Å². The van der Waals surface area contributed by atoms with Crippen LogP contribution >= 0.6 is 0 Å². The highest BCUT2D eigenvalue weighted by Gasteiger charge is 2.70. The maximum Gasteiger partial charge on any atom is 0.427 e. The average molecular weight is 385 g/mol. The summed E-state index contributed by atoms with van der Waals surface area (Å²) in [6.07, 6.45) is -14.5. The van der Waals surface area contributed by atoms with Gasteiger partial charge in [0.1, 0.15) is 0 Å². The van der Waals surface area contributed by atoms with Crippen LogP contribution in [0.15, 0.2) is 0 Å². The molecular weight excluding hydrogens is 372 g/mol. The number of amides is 1. The van der Waals surface area contributed by atoms with Crippen molar-refractivity contribution >= 4 is 45.3 Å². The smallest absolute Gasteiger partial charge is 0.427 e. The highest BCUT2D eigenvalue weighted by molar-refractivity contribution is 6.43. The molecule has 0 aliphatic carbocycles. The lowest BCUT2D eigenvalue weighted by molar-refractivity contribution is -0.331. The third-order valence-electron chi connectivity index (χ3n) is 3.95. The first kappa shape index (κ1) is 24.2. The zero-order valence-electron chi connectivity index (χ0n) is 14.8. The highest BCUT2D eigenvalue weighted by Crippen LogP contribution is 2.44. The quantitative estimate of drug-likeness (QED) is 0.487.